The van der Waals surface area contributed by atoms with E-state index in [-0.39, 0.29) is 18.3 Å². The number of rotatable bonds is 4. The number of ether oxygens (including phenoxy) is 1. The highest BCUT2D eigenvalue weighted by atomic mass is 35.5. The molecule has 3 aromatic rings. The van der Waals surface area contributed by atoms with E-state index in [0.29, 0.717) is 21.9 Å². The lowest BCUT2D eigenvalue weighted by Crippen LogP contribution is -2.19. The zero-order chi connectivity index (χ0) is 18.7. The molecule has 0 spiro atoms. The molecule has 0 aliphatic heterocycles. The summed E-state index contributed by atoms with van der Waals surface area (Å²) in [7, 11) is 1.36. The summed E-state index contributed by atoms with van der Waals surface area (Å²) < 4.78 is 7.61. The van der Waals surface area contributed by atoms with E-state index >= 15 is 0 Å². The van der Waals surface area contributed by atoms with Gasteiger partial charge >= 0.3 is 5.97 Å². The predicted molar refractivity (Wildman–Crippen MR) is 103 cm³/mol. The predicted octanol–water partition coefficient (Wildman–Crippen LogP) is 3.97. The monoisotopic (exact) mass is 388 g/mol. The van der Waals surface area contributed by atoms with Gasteiger partial charge in [-0.25, -0.2) is 0 Å². The molecule has 0 N–H and O–H groups in total. The molecule has 0 saturated heterocycles. The van der Waals surface area contributed by atoms with Crippen LogP contribution >= 0.6 is 22.9 Å². The van der Waals surface area contributed by atoms with Gasteiger partial charge in [-0.05, 0) is 48.9 Å². The van der Waals surface area contributed by atoms with Crippen molar-refractivity contribution in [2.75, 3.05) is 7.11 Å². The molecule has 1 aromatic heterocycles. The number of thiazole rings is 1. The fourth-order valence-electron chi connectivity index (χ4n) is 2.53. The molecule has 3 rings (SSSR count). The molecule has 0 unspecified atom stereocenters. The van der Waals surface area contributed by atoms with Crippen molar-refractivity contribution in [1.29, 1.82) is 0 Å². The maximum absolute atomic E-state index is 12.5. The molecule has 0 aliphatic rings. The molecule has 0 saturated carbocycles. The van der Waals surface area contributed by atoms with E-state index in [2.05, 4.69) is 4.99 Å². The van der Waals surface area contributed by atoms with Crippen LogP contribution in [0.15, 0.2) is 47.5 Å². The Bertz CT molecular complexity index is 1040. The standard InChI is InChI=1S/C19H17ClN2O3S/c1-12-3-8-15-16(11-12)26-19(22(15)10-9-17(23)25-2)21-18(24)13-4-6-14(20)7-5-13/h3-8,11H,9-10H2,1-2H3. The number of aryl methyl sites for hydroxylation is 2. The molecule has 1 amide bonds. The Morgan fingerprint density at radius 2 is 1.92 bits per heavy atom. The Morgan fingerprint density at radius 3 is 2.62 bits per heavy atom. The summed E-state index contributed by atoms with van der Waals surface area (Å²) in [5.74, 6) is -0.657. The van der Waals surface area contributed by atoms with Crippen LogP contribution in [0.25, 0.3) is 10.2 Å². The number of amides is 1. The highest BCUT2D eigenvalue weighted by Crippen LogP contribution is 2.19. The van der Waals surface area contributed by atoms with Gasteiger partial charge in [-0.1, -0.05) is 29.0 Å². The van der Waals surface area contributed by atoms with E-state index in [1.165, 1.54) is 18.4 Å². The van der Waals surface area contributed by atoms with Crippen LogP contribution in [-0.4, -0.2) is 23.6 Å². The van der Waals surface area contributed by atoms with Crippen LogP contribution < -0.4 is 4.80 Å². The molecule has 26 heavy (non-hydrogen) atoms. The zero-order valence-corrected chi connectivity index (χ0v) is 15.9. The van der Waals surface area contributed by atoms with Crippen LogP contribution in [0.3, 0.4) is 0 Å². The number of hydrogen-bond acceptors (Lipinski definition) is 4. The third kappa shape index (κ3) is 4.03. The zero-order valence-electron chi connectivity index (χ0n) is 14.4. The molecule has 0 aliphatic carbocycles. The van der Waals surface area contributed by atoms with E-state index in [9.17, 15) is 9.59 Å². The Balaban J connectivity index is 2.06. The molecule has 0 fully saturated rings. The lowest BCUT2D eigenvalue weighted by Gasteiger charge is -2.04. The maximum atomic E-state index is 12.5. The number of methoxy groups -OCH3 is 1. The average Bonchev–Trinajstić information content (AvgIpc) is 2.96. The first kappa shape index (κ1) is 18.4. The minimum Gasteiger partial charge on any atom is -0.469 e. The molecule has 0 atom stereocenters. The van der Waals surface area contributed by atoms with E-state index < -0.39 is 0 Å². The molecule has 1 heterocycles. The van der Waals surface area contributed by atoms with Crippen molar-refractivity contribution >= 4 is 45.0 Å². The van der Waals surface area contributed by atoms with Crippen LogP contribution in [0.2, 0.25) is 5.02 Å². The van der Waals surface area contributed by atoms with E-state index in [1.807, 2.05) is 29.7 Å². The van der Waals surface area contributed by atoms with Crippen molar-refractivity contribution in [2.24, 2.45) is 4.99 Å². The van der Waals surface area contributed by atoms with Crippen LogP contribution in [0, 0.1) is 6.92 Å². The van der Waals surface area contributed by atoms with Crippen molar-refractivity contribution in [3.63, 3.8) is 0 Å². The second-order valence-corrected chi connectivity index (χ2v) is 7.20. The number of halogens is 1. The van der Waals surface area contributed by atoms with Gasteiger partial charge in [-0.2, -0.15) is 4.99 Å². The van der Waals surface area contributed by atoms with Crippen LogP contribution in [0.4, 0.5) is 0 Å². The first-order valence-electron chi connectivity index (χ1n) is 7.99. The van der Waals surface area contributed by atoms with Crippen molar-refractivity contribution < 1.29 is 14.3 Å². The summed E-state index contributed by atoms with van der Waals surface area (Å²) in [5, 5.41) is 0.562. The Hall–Kier alpha value is -2.44. The van der Waals surface area contributed by atoms with Crippen LogP contribution in [0.5, 0.6) is 0 Å². The number of fused-ring (bicyclic) bond motifs is 1. The molecule has 0 radical (unpaired) electrons. The minimum absolute atomic E-state index is 0.207. The summed E-state index contributed by atoms with van der Waals surface area (Å²) in [6.07, 6.45) is 0.207. The Labute approximate surface area is 159 Å². The number of aromatic nitrogens is 1. The van der Waals surface area contributed by atoms with Crippen molar-refractivity contribution in [3.8, 4) is 0 Å². The topological polar surface area (TPSA) is 60.7 Å². The van der Waals surface area contributed by atoms with Gasteiger partial charge in [-0.15, -0.1) is 0 Å². The van der Waals surface area contributed by atoms with Crippen LogP contribution in [0.1, 0.15) is 22.3 Å². The van der Waals surface area contributed by atoms with Gasteiger partial charge < -0.3 is 9.30 Å². The molecular weight excluding hydrogens is 372 g/mol. The SMILES string of the molecule is COC(=O)CCn1c(=NC(=O)c2ccc(Cl)cc2)sc2cc(C)ccc21. The first-order valence-corrected chi connectivity index (χ1v) is 9.19. The summed E-state index contributed by atoms with van der Waals surface area (Å²) in [5.41, 5.74) is 2.52. The van der Waals surface area contributed by atoms with Gasteiger partial charge in [0.2, 0.25) is 0 Å². The van der Waals surface area contributed by atoms with Crippen molar-refractivity contribution in [3.05, 3.63) is 63.4 Å². The minimum atomic E-state index is -0.350. The lowest BCUT2D eigenvalue weighted by atomic mass is 10.2. The Morgan fingerprint density at radius 1 is 1.19 bits per heavy atom. The molecule has 5 nitrogen and oxygen atoms in total. The Kier molecular flexibility index (Phi) is 5.54. The largest absolute Gasteiger partial charge is 0.469 e. The molecule has 0 bridgehead atoms. The van der Waals surface area contributed by atoms with Gasteiger partial charge in [0.15, 0.2) is 4.80 Å². The number of benzene rings is 2. The third-order valence-corrected chi connectivity index (χ3v) is 5.19. The third-order valence-electron chi connectivity index (χ3n) is 3.89. The van der Waals surface area contributed by atoms with Gasteiger partial charge in [0.1, 0.15) is 0 Å². The fraction of sp³-hybridized carbons (Fsp3) is 0.211. The maximum Gasteiger partial charge on any atom is 0.307 e. The van der Waals surface area contributed by atoms with Crippen molar-refractivity contribution in [2.45, 2.75) is 19.9 Å². The number of carbonyl (C=O) groups is 2. The average molecular weight is 389 g/mol. The number of carbonyl (C=O) groups excluding carboxylic acids is 2. The smallest absolute Gasteiger partial charge is 0.307 e. The quantitative estimate of drug-likeness (QED) is 0.635. The van der Waals surface area contributed by atoms with Gasteiger partial charge in [-0.3, -0.25) is 9.59 Å². The van der Waals surface area contributed by atoms with Gasteiger partial charge in [0, 0.05) is 17.1 Å². The summed E-state index contributed by atoms with van der Waals surface area (Å²) in [6.45, 7) is 2.40. The van der Waals surface area contributed by atoms with Crippen molar-refractivity contribution in [1.82, 2.24) is 4.57 Å². The fourth-order valence-corrected chi connectivity index (χ4v) is 3.81. The summed E-state index contributed by atoms with van der Waals surface area (Å²) in [4.78, 5) is 28.9. The van der Waals surface area contributed by atoms with Gasteiger partial charge in [0.05, 0.1) is 23.7 Å². The molecule has 7 heteroatoms. The number of hydrogen-bond donors (Lipinski definition) is 0. The number of nitrogens with zero attached hydrogens (tertiary/aromatic N) is 2. The normalized spacial score (nSPS) is 11.7. The van der Waals surface area contributed by atoms with E-state index in [0.717, 1.165) is 15.8 Å². The van der Waals surface area contributed by atoms with E-state index in [4.69, 9.17) is 16.3 Å². The summed E-state index contributed by atoms with van der Waals surface area (Å²) >= 11 is 7.29. The highest BCUT2D eigenvalue weighted by Gasteiger charge is 2.11. The lowest BCUT2D eigenvalue weighted by molar-refractivity contribution is -0.140. The van der Waals surface area contributed by atoms with Gasteiger partial charge in [0.25, 0.3) is 5.91 Å². The van der Waals surface area contributed by atoms with E-state index in [1.54, 1.807) is 24.3 Å². The second kappa shape index (κ2) is 7.85. The molecule has 134 valence electrons. The molecular formula is C19H17ClN2O3S. The highest BCUT2D eigenvalue weighted by molar-refractivity contribution is 7.16. The summed E-state index contributed by atoms with van der Waals surface area (Å²) in [6, 6.07) is 12.6. The second-order valence-electron chi connectivity index (χ2n) is 5.76. The molecule has 2 aromatic carbocycles. The number of esters is 1. The van der Waals surface area contributed by atoms with Crippen LogP contribution in [-0.2, 0) is 16.1 Å². The first-order chi connectivity index (χ1) is 12.5.